The molecule has 27 heavy (non-hydrogen) atoms. The number of nitrogens with zero attached hydrogens (tertiary/aromatic N) is 1. The van der Waals surface area contributed by atoms with Crippen LogP contribution in [0.3, 0.4) is 0 Å². The standard InChI is InChI=1S/C22H21ClN2O2/c23-19-8-6-18(7-9-19)22(27)10-12-25(13-11-22)21(26)17-14-20(24-15-17)16-4-2-1-3-5-16/h1-9,14-15,24,27H,10-13H2. The van der Waals surface area contributed by atoms with Crippen LogP contribution in [0.25, 0.3) is 11.3 Å². The van der Waals surface area contributed by atoms with Crippen molar-refractivity contribution < 1.29 is 9.90 Å². The van der Waals surface area contributed by atoms with Crippen molar-refractivity contribution >= 4 is 17.5 Å². The Morgan fingerprint density at radius 3 is 2.37 bits per heavy atom. The van der Waals surface area contributed by atoms with E-state index < -0.39 is 5.60 Å². The lowest BCUT2D eigenvalue weighted by Crippen LogP contribution is -2.45. The van der Waals surface area contributed by atoms with Gasteiger partial charge >= 0.3 is 0 Å². The Labute approximate surface area is 163 Å². The quantitative estimate of drug-likeness (QED) is 0.704. The van der Waals surface area contributed by atoms with Crippen molar-refractivity contribution in [3.05, 3.63) is 83.0 Å². The van der Waals surface area contributed by atoms with Crippen molar-refractivity contribution in [3.63, 3.8) is 0 Å². The third kappa shape index (κ3) is 3.64. The maximum Gasteiger partial charge on any atom is 0.255 e. The van der Waals surface area contributed by atoms with Crippen LogP contribution in [0.4, 0.5) is 0 Å². The number of halogens is 1. The summed E-state index contributed by atoms with van der Waals surface area (Å²) in [7, 11) is 0. The van der Waals surface area contributed by atoms with Gasteiger partial charge in [0, 0.05) is 30.0 Å². The highest BCUT2D eigenvalue weighted by molar-refractivity contribution is 6.30. The molecule has 0 saturated carbocycles. The van der Waals surface area contributed by atoms with Gasteiger partial charge in [0.2, 0.25) is 0 Å². The minimum atomic E-state index is -0.908. The summed E-state index contributed by atoms with van der Waals surface area (Å²) in [5.74, 6) is -0.00779. The van der Waals surface area contributed by atoms with Crippen LogP contribution in [-0.4, -0.2) is 34.0 Å². The highest BCUT2D eigenvalue weighted by atomic mass is 35.5. The number of H-pyrrole nitrogens is 1. The maximum absolute atomic E-state index is 12.8. The fourth-order valence-corrected chi connectivity index (χ4v) is 3.74. The lowest BCUT2D eigenvalue weighted by molar-refractivity contribution is -0.0211. The first-order valence-electron chi connectivity index (χ1n) is 9.07. The molecule has 2 aromatic carbocycles. The van der Waals surface area contributed by atoms with Gasteiger partial charge in [-0.2, -0.15) is 0 Å². The molecule has 138 valence electrons. The number of piperidine rings is 1. The van der Waals surface area contributed by atoms with Crippen LogP contribution in [0.1, 0.15) is 28.8 Å². The van der Waals surface area contributed by atoms with E-state index in [1.807, 2.05) is 53.4 Å². The summed E-state index contributed by atoms with van der Waals surface area (Å²) < 4.78 is 0. The van der Waals surface area contributed by atoms with Crippen LogP contribution in [0.2, 0.25) is 5.02 Å². The van der Waals surface area contributed by atoms with Crippen LogP contribution in [0.15, 0.2) is 66.9 Å². The maximum atomic E-state index is 12.8. The van der Waals surface area contributed by atoms with Crippen LogP contribution in [-0.2, 0) is 5.60 Å². The van der Waals surface area contributed by atoms with Gasteiger partial charge in [0.15, 0.2) is 0 Å². The molecular formula is C22H21ClN2O2. The Balaban J connectivity index is 1.44. The van der Waals surface area contributed by atoms with E-state index in [1.165, 1.54) is 0 Å². The average molecular weight is 381 g/mol. The molecule has 2 N–H and O–H groups in total. The Morgan fingerprint density at radius 1 is 1.04 bits per heavy atom. The summed E-state index contributed by atoms with van der Waals surface area (Å²) in [6.07, 6.45) is 2.78. The van der Waals surface area contributed by atoms with E-state index in [-0.39, 0.29) is 5.91 Å². The Bertz CT molecular complexity index is 926. The number of aliphatic hydroxyl groups is 1. The van der Waals surface area contributed by atoms with Gasteiger partial charge < -0.3 is 15.0 Å². The van der Waals surface area contributed by atoms with E-state index in [0.29, 0.717) is 36.5 Å². The predicted octanol–water partition coefficient (Wildman–Crippen LogP) is 4.46. The van der Waals surface area contributed by atoms with Gasteiger partial charge in [-0.1, -0.05) is 54.1 Å². The van der Waals surface area contributed by atoms with Gasteiger partial charge in [-0.15, -0.1) is 0 Å². The largest absolute Gasteiger partial charge is 0.385 e. The summed E-state index contributed by atoms with van der Waals surface area (Å²) in [5, 5.41) is 11.6. The summed E-state index contributed by atoms with van der Waals surface area (Å²) >= 11 is 5.94. The number of benzene rings is 2. The van der Waals surface area contributed by atoms with Gasteiger partial charge in [0.25, 0.3) is 5.91 Å². The first kappa shape index (κ1) is 17.8. The lowest BCUT2D eigenvalue weighted by atomic mass is 9.84. The van der Waals surface area contributed by atoms with Gasteiger partial charge in [0.05, 0.1) is 11.2 Å². The Kier molecular flexibility index (Phi) is 4.77. The summed E-state index contributed by atoms with van der Waals surface area (Å²) in [4.78, 5) is 17.8. The zero-order chi connectivity index (χ0) is 18.9. The van der Waals surface area contributed by atoms with Crippen molar-refractivity contribution in [1.82, 2.24) is 9.88 Å². The lowest BCUT2D eigenvalue weighted by Gasteiger charge is -2.38. The second-order valence-electron chi connectivity index (χ2n) is 7.00. The van der Waals surface area contributed by atoms with Gasteiger partial charge in [-0.3, -0.25) is 4.79 Å². The summed E-state index contributed by atoms with van der Waals surface area (Å²) in [6.45, 7) is 1.04. The zero-order valence-electron chi connectivity index (χ0n) is 14.9. The third-order valence-electron chi connectivity index (χ3n) is 5.27. The molecule has 0 unspecified atom stereocenters. The normalized spacial score (nSPS) is 16.3. The van der Waals surface area contributed by atoms with Crippen LogP contribution >= 0.6 is 11.6 Å². The number of carbonyl (C=O) groups is 1. The summed E-state index contributed by atoms with van der Waals surface area (Å²) in [5.41, 5.74) is 2.56. The molecule has 1 amide bonds. The van der Waals surface area contributed by atoms with Crippen molar-refractivity contribution in [3.8, 4) is 11.3 Å². The van der Waals surface area contributed by atoms with E-state index in [0.717, 1.165) is 16.8 Å². The highest BCUT2D eigenvalue weighted by Gasteiger charge is 2.35. The predicted molar refractivity (Wildman–Crippen MR) is 107 cm³/mol. The molecule has 1 fully saturated rings. The van der Waals surface area contributed by atoms with Crippen LogP contribution in [0, 0.1) is 0 Å². The molecule has 3 aromatic rings. The fourth-order valence-electron chi connectivity index (χ4n) is 3.61. The topological polar surface area (TPSA) is 56.3 Å². The smallest absolute Gasteiger partial charge is 0.255 e. The van der Waals surface area contributed by atoms with E-state index in [9.17, 15) is 9.90 Å². The average Bonchev–Trinajstić information content (AvgIpc) is 3.19. The Hall–Kier alpha value is -2.56. The molecular weight excluding hydrogens is 360 g/mol. The second kappa shape index (κ2) is 7.22. The van der Waals surface area contributed by atoms with Gasteiger partial charge in [-0.05, 0) is 42.2 Å². The highest BCUT2D eigenvalue weighted by Crippen LogP contribution is 2.34. The molecule has 0 spiro atoms. The number of hydrogen-bond donors (Lipinski definition) is 2. The van der Waals surface area contributed by atoms with Gasteiger partial charge in [0.1, 0.15) is 0 Å². The van der Waals surface area contributed by atoms with Crippen LogP contribution < -0.4 is 0 Å². The monoisotopic (exact) mass is 380 g/mol. The molecule has 0 aliphatic carbocycles. The molecule has 4 rings (SSSR count). The first-order chi connectivity index (χ1) is 13.0. The van der Waals surface area contributed by atoms with Crippen molar-refractivity contribution in [1.29, 1.82) is 0 Å². The number of hydrogen-bond acceptors (Lipinski definition) is 2. The Morgan fingerprint density at radius 2 is 1.70 bits per heavy atom. The number of aromatic nitrogens is 1. The van der Waals surface area contributed by atoms with Crippen molar-refractivity contribution in [2.24, 2.45) is 0 Å². The SMILES string of the molecule is O=C(c1c[nH]c(-c2ccccc2)c1)N1CCC(O)(c2ccc(Cl)cc2)CC1. The molecule has 1 saturated heterocycles. The zero-order valence-corrected chi connectivity index (χ0v) is 15.6. The second-order valence-corrected chi connectivity index (χ2v) is 7.44. The molecule has 5 heteroatoms. The molecule has 1 aliphatic heterocycles. The number of nitrogens with one attached hydrogen (secondary N) is 1. The minimum absolute atomic E-state index is 0.00779. The van der Waals surface area contributed by atoms with Gasteiger partial charge in [-0.25, -0.2) is 0 Å². The number of carbonyl (C=O) groups excluding carboxylic acids is 1. The summed E-state index contributed by atoms with van der Waals surface area (Å²) in [6, 6.07) is 19.1. The molecule has 0 radical (unpaired) electrons. The van der Waals surface area contributed by atoms with E-state index in [4.69, 9.17) is 11.6 Å². The number of amides is 1. The van der Waals surface area contributed by atoms with E-state index in [1.54, 1.807) is 18.3 Å². The molecule has 2 heterocycles. The van der Waals surface area contributed by atoms with Crippen molar-refractivity contribution in [2.75, 3.05) is 13.1 Å². The molecule has 4 nitrogen and oxygen atoms in total. The number of aromatic amines is 1. The first-order valence-corrected chi connectivity index (χ1v) is 9.44. The third-order valence-corrected chi connectivity index (χ3v) is 5.53. The molecule has 1 aliphatic rings. The molecule has 1 aromatic heterocycles. The minimum Gasteiger partial charge on any atom is -0.385 e. The van der Waals surface area contributed by atoms with E-state index >= 15 is 0 Å². The molecule has 0 bridgehead atoms. The molecule has 0 atom stereocenters. The van der Waals surface area contributed by atoms with E-state index in [2.05, 4.69) is 4.98 Å². The number of rotatable bonds is 3. The van der Waals surface area contributed by atoms with Crippen molar-refractivity contribution in [2.45, 2.75) is 18.4 Å². The fraction of sp³-hybridized carbons (Fsp3) is 0.227. The number of likely N-dealkylation sites (tertiary alicyclic amines) is 1. The van der Waals surface area contributed by atoms with Crippen LogP contribution in [0.5, 0.6) is 0 Å².